The molecule has 266 valence electrons. The van der Waals surface area contributed by atoms with E-state index in [1.54, 1.807) is 23.1 Å². The third-order valence-corrected chi connectivity index (χ3v) is 12.1. The fraction of sp³-hybridized carbons (Fsp3) is 0.579. The van der Waals surface area contributed by atoms with Crippen molar-refractivity contribution >= 4 is 35.5 Å². The van der Waals surface area contributed by atoms with Gasteiger partial charge in [-0.2, -0.15) is 0 Å². The van der Waals surface area contributed by atoms with Crippen molar-refractivity contribution in [1.82, 2.24) is 20.2 Å². The number of nitrogens with zero attached hydrogens (tertiary/aromatic N) is 2. The summed E-state index contributed by atoms with van der Waals surface area (Å²) in [6, 6.07) is 5.71. The normalized spacial score (nSPS) is 22.5. The maximum absolute atomic E-state index is 16.5. The molecule has 2 atom stereocenters. The van der Waals surface area contributed by atoms with Crippen LogP contribution in [0, 0.1) is 17.2 Å². The molecule has 2 aromatic carbocycles. The predicted octanol–water partition coefficient (Wildman–Crippen LogP) is 5.73. The minimum absolute atomic E-state index is 0.0968. The van der Waals surface area contributed by atoms with Crippen molar-refractivity contribution in [1.29, 1.82) is 0 Å². The fourth-order valence-corrected chi connectivity index (χ4v) is 8.62. The number of H-pyrrole nitrogens is 1. The molecule has 2 amide bonds. The number of amides is 2. The smallest absolute Gasteiger partial charge is 0.453 e. The van der Waals surface area contributed by atoms with E-state index in [4.69, 9.17) is 19.0 Å². The molecule has 3 fully saturated rings. The Morgan fingerprint density at radius 1 is 1.06 bits per heavy atom. The average molecular weight is 687 g/mol. The standard InChI is InChI=1S/C38H48BFN4O6/c1-21(2)31(42-35(47)48-7)34(46)44-16-10-11-29(44)32-41-28-13-12-22(17-23(28)33(45)43-32)30-25-20-38(14-8-9-15-38)19-24(25)26(18-27(30)40)39-49-36(3,4)37(5,6)50-39/h12-13,17-18,21,29,31H,8-11,14-16,19-20H2,1-7H3,(H,42,47)(H,41,43,45)/t29-,31-/m0/s1. The first kappa shape index (κ1) is 34.7. The van der Waals surface area contributed by atoms with Gasteiger partial charge in [-0.3, -0.25) is 9.59 Å². The number of methoxy groups -OCH3 is 1. The van der Waals surface area contributed by atoms with Gasteiger partial charge in [-0.15, -0.1) is 0 Å². The SMILES string of the molecule is COC(=O)N[C@H](C(=O)N1CCC[C@H]1c1nc2ccc(-c3c(F)cc(B4OC(C)(C)C(C)(C)O4)c4c3CC3(CCCC3)C4)cc2c(=O)[nH]1)C(C)C. The van der Waals surface area contributed by atoms with Crippen LogP contribution in [0.25, 0.3) is 22.0 Å². The minimum atomic E-state index is -0.783. The van der Waals surface area contributed by atoms with Gasteiger partial charge in [0.2, 0.25) is 5.91 Å². The Kier molecular flexibility index (Phi) is 8.65. The van der Waals surface area contributed by atoms with Crippen LogP contribution in [0.1, 0.15) is 103 Å². The molecule has 0 radical (unpaired) electrons. The Hall–Kier alpha value is -3.77. The lowest BCUT2D eigenvalue weighted by Crippen LogP contribution is -2.51. The number of likely N-dealkylation sites (tertiary alicyclic amines) is 1. The summed E-state index contributed by atoms with van der Waals surface area (Å²) in [5, 5.41) is 3.01. The van der Waals surface area contributed by atoms with E-state index in [2.05, 4.69) is 10.3 Å². The van der Waals surface area contributed by atoms with Crippen molar-refractivity contribution < 1.29 is 28.0 Å². The van der Waals surface area contributed by atoms with Crippen LogP contribution >= 0.6 is 0 Å². The number of alkyl carbamates (subject to hydrolysis) is 1. The van der Waals surface area contributed by atoms with E-state index in [0.29, 0.717) is 40.8 Å². The van der Waals surface area contributed by atoms with E-state index in [-0.39, 0.29) is 28.6 Å². The number of benzene rings is 2. The van der Waals surface area contributed by atoms with Crippen LogP contribution in [0.4, 0.5) is 9.18 Å². The molecule has 1 saturated carbocycles. The minimum Gasteiger partial charge on any atom is -0.453 e. The van der Waals surface area contributed by atoms with E-state index in [1.165, 1.54) is 20.0 Å². The average Bonchev–Trinajstić information content (AvgIpc) is 3.85. The Bertz CT molecular complexity index is 1900. The van der Waals surface area contributed by atoms with Gasteiger partial charge >= 0.3 is 13.2 Å². The number of fused-ring (bicyclic) bond motifs is 2. The molecular weight excluding hydrogens is 638 g/mol. The topological polar surface area (TPSA) is 123 Å². The number of rotatable bonds is 6. The van der Waals surface area contributed by atoms with Crippen LogP contribution in [-0.2, 0) is 31.7 Å². The number of aromatic amines is 1. The lowest BCUT2D eigenvalue weighted by molar-refractivity contribution is -0.135. The van der Waals surface area contributed by atoms with Crippen LogP contribution in [-0.4, -0.2) is 64.9 Å². The maximum atomic E-state index is 16.5. The van der Waals surface area contributed by atoms with Gasteiger partial charge in [0.1, 0.15) is 17.7 Å². The Balaban J connectivity index is 1.25. The van der Waals surface area contributed by atoms with Crippen molar-refractivity contribution in [3.8, 4) is 11.1 Å². The zero-order valence-corrected chi connectivity index (χ0v) is 30.2. The first-order valence-electron chi connectivity index (χ1n) is 18.0. The number of hydrogen-bond donors (Lipinski definition) is 2. The molecule has 1 spiro atoms. The molecule has 4 aliphatic rings. The fourth-order valence-electron chi connectivity index (χ4n) is 8.62. The molecule has 2 saturated heterocycles. The van der Waals surface area contributed by atoms with E-state index >= 15 is 4.39 Å². The van der Waals surface area contributed by atoms with E-state index in [0.717, 1.165) is 48.7 Å². The van der Waals surface area contributed by atoms with Crippen LogP contribution in [0.15, 0.2) is 29.1 Å². The summed E-state index contributed by atoms with van der Waals surface area (Å²) in [6.45, 7) is 12.2. The molecule has 2 N–H and O–H groups in total. The number of carbonyl (C=O) groups is 2. The van der Waals surface area contributed by atoms with Gasteiger partial charge in [0.05, 0.1) is 35.3 Å². The molecule has 50 heavy (non-hydrogen) atoms. The largest absolute Gasteiger partial charge is 0.495 e. The molecule has 10 nitrogen and oxygen atoms in total. The van der Waals surface area contributed by atoms with Crippen molar-refractivity contribution in [2.75, 3.05) is 13.7 Å². The first-order chi connectivity index (χ1) is 23.6. The predicted molar refractivity (Wildman–Crippen MR) is 190 cm³/mol. The number of nitrogens with one attached hydrogen (secondary N) is 2. The lowest BCUT2D eigenvalue weighted by Gasteiger charge is -2.32. The van der Waals surface area contributed by atoms with Crippen LogP contribution < -0.4 is 16.3 Å². The van der Waals surface area contributed by atoms with E-state index < -0.39 is 36.5 Å². The Morgan fingerprint density at radius 2 is 1.74 bits per heavy atom. The maximum Gasteiger partial charge on any atom is 0.495 e. The first-order valence-corrected chi connectivity index (χ1v) is 18.0. The summed E-state index contributed by atoms with van der Waals surface area (Å²) in [6.07, 6.45) is 6.86. The van der Waals surface area contributed by atoms with Crippen LogP contribution in [0.2, 0.25) is 0 Å². The van der Waals surface area contributed by atoms with Gasteiger partial charge in [0.25, 0.3) is 5.56 Å². The summed E-state index contributed by atoms with van der Waals surface area (Å²) in [5.74, 6) is -0.395. The summed E-state index contributed by atoms with van der Waals surface area (Å²) in [4.78, 5) is 48.8. The van der Waals surface area contributed by atoms with Gasteiger partial charge in [-0.1, -0.05) is 32.8 Å². The number of aromatic nitrogens is 2. The van der Waals surface area contributed by atoms with Gasteiger partial charge in [0, 0.05) is 12.1 Å². The number of hydrogen-bond acceptors (Lipinski definition) is 7. The molecule has 3 aromatic rings. The molecule has 0 bridgehead atoms. The monoisotopic (exact) mass is 686 g/mol. The zero-order valence-electron chi connectivity index (χ0n) is 30.2. The van der Waals surface area contributed by atoms with Gasteiger partial charge in [0.15, 0.2) is 0 Å². The second-order valence-corrected chi connectivity index (χ2v) is 16.2. The molecule has 2 aliphatic carbocycles. The quantitative estimate of drug-likeness (QED) is 0.318. The molecule has 7 rings (SSSR count). The molecule has 3 heterocycles. The highest BCUT2D eigenvalue weighted by molar-refractivity contribution is 6.62. The summed E-state index contributed by atoms with van der Waals surface area (Å²) in [7, 11) is 0.597. The molecular formula is C38H48BFN4O6. The second kappa shape index (κ2) is 12.5. The number of carbonyl (C=O) groups excluding carboxylic acids is 2. The highest BCUT2D eigenvalue weighted by atomic mass is 19.1. The molecule has 2 aliphatic heterocycles. The van der Waals surface area contributed by atoms with Gasteiger partial charge in [-0.25, -0.2) is 14.2 Å². The Labute approximate surface area is 293 Å². The summed E-state index contributed by atoms with van der Waals surface area (Å²) in [5.41, 5.74) is 3.14. The third-order valence-electron chi connectivity index (χ3n) is 12.1. The van der Waals surface area contributed by atoms with Gasteiger partial charge < -0.3 is 29.2 Å². The van der Waals surface area contributed by atoms with Crippen molar-refractivity contribution in [3.05, 3.63) is 57.4 Å². The summed E-state index contributed by atoms with van der Waals surface area (Å²) >= 11 is 0. The molecule has 1 aromatic heterocycles. The summed E-state index contributed by atoms with van der Waals surface area (Å²) < 4.78 is 34.1. The molecule has 0 unspecified atom stereocenters. The highest BCUT2D eigenvalue weighted by Gasteiger charge is 2.54. The third kappa shape index (κ3) is 5.82. The lowest BCUT2D eigenvalue weighted by atomic mass is 9.73. The number of ether oxygens (including phenoxy) is 1. The van der Waals surface area contributed by atoms with Gasteiger partial charge in [-0.05, 0) is 118 Å². The second-order valence-electron chi connectivity index (χ2n) is 16.2. The van der Waals surface area contributed by atoms with Crippen LogP contribution in [0.5, 0.6) is 0 Å². The van der Waals surface area contributed by atoms with Crippen molar-refractivity contribution in [2.45, 2.75) is 116 Å². The van der Waals surface area contributed by atoms with E-state index in [9.17, 15) is 14.4 Å². The highest BCUT2D eigenvalue weighted by Crippen LogP contribution is 2.51. The van der Waals surface area contributed by atoms with Crippen molar-refractivity contribution in [3.63, 3.8) is 0 Å². The molecule has 12 heteroatoms. The zero-order chi connectivity index (χ0) is 35.7. The Morgan fingerprint density at radius 3 is 2.40 bits per heavy atom. The van der Waals surface area contributed by atoms with E-state index in [1.807, 2.05) is 47.6 Å². The van der Waals surface area contributed by atoms with Crippen molar-refractivity contribution in [2.24, 2.45) is 11.3 Å². The van der Waals surface area contributed by atoms with Crippen LogP contribution in [0.3, 0.4) is 0 Å². The number of halogens is 1.